The minimum atomic E-state index is -0.815. The van der Waals surface area contributed by atoms with Gasteiger partial charge in [0.1, 0.15) is 11.8 Å². The number of nitrogens with zero attached hydrogens (tertiary/aromatic N) is 3. The lowest BCUT2D eigenvalue weighted by atomic mass is 10.1. The molecule has 2 aromatic heterocycles. The highest BCUT2D eigenvalue weighted by atomic mass is 16.5. The lowest BCUT2D eigenvalue weighted by molar-refractivity contribution is 0.127. The van der Waals surface area contributed by atoms with Gasteiger partial charge < -0.3 is 15.4 Å². The Labute approximate surface area is 105 Å². The normalized spacial score (nSPS) is 12.6. The Morgan fingerprint density at radius 2 is 2.33 bits per heavy atom. The molecular weight excluding hydrogens is 232 g/mol. The molecule has 0 saturated carbocycles. The van der Waals surface area contributed by atoms with Crippen LogP contribution < -0.4 is 5.73 Å². The summed E-state index contributed by atoms with van der Waals surface area (Å²) in [5.74, 6) is 0.585. The Kier molecular flexibility index (Phi) is 4.01. The molecule has 6 heteroatoms. The number of nitrogens with two attached hydrogens (primary N) is 1. The number of rotatable bonds is 5. The molecule has 1 atom stereocenters. The van der Waals surface area contributed by atoms with E-state index in [1.165, 1.54) is 0 Å². The van der Waals surface area contributed by atoms with Crippen LogP contribution in [0.25, 0.3) is 11.5 Å². The molecule has 18 heavy (non-hydrogen) atoms. The van der Waals surface area contributed by atoms with Crippen LogP contribution in [0.1, 0.15) is 30.9 Å². The fourth-order valence-corrected chi connectivity index (χ4v) is 1.67. The molecule has 0 aliphatic heterocycles. The highest BCUT2D eigenvalue weighted by Crippen LogP contribution is 2.21. The Morgan fingerprint density at radius 1 is 1.50 bits per heavy atom. The van der Waals surface area contributed by atoms with Crippen molar-refractivity contribution in [1.82, 2.24) is 15.1 Å². The first-order chi connectivity index (χ1) is 8.76. The molecule has 1 unspecified atom stereocenters. The standard InChI is InChI=1S/C12H16N4O2/c1-2-8-4-3-7-14-10(8)11-15-12(18-16-11)9(17)5-6-13/h3-4,7,9,17H,2,5-6,13H2,1H3. The summed E-state index contributed by atoms with van der Waals surface area (Å²) in [7, 11) is 0. The zero-order valence-corrected chi connectivity index (χ0v) is 10.2. The molecule has 2 aromatic rings. The number of aliphatic hydroxyl groups is 1. The predicted molar refractivity (Wildman–Crippen MR) is 65.5 cm³/mol. The van der Waals surface area contributed by atoms with Crippen LogP contribution in [0.15, 0.2) is 22.9 Å². The Hall–Kier alpha value is -1.79. The highest BCUT2D eigenvalue weighted by Gasteiger charge is 2.18. The molecule has 2 rings (SSSR count). The van der Waals surface area contributed by atoms with Crippen LogP contribution in [0.5, 0.6) is 0 Å². The second-order valence-corrected chi connectivity index (χ2v) is 3.91. The Bertz CT molecular complexity index is 512. The molecule has 0 spiro atoms. The number of aromatic nitrogens is 3. The van der Waals surface area contributed by atoms with E-state index in [0.717, 1.165) is 12.0 Å². The second kappa shape index (κ2) is 5.70. The third-order valence-electron chi connectivity index (χ3n) is 2.65. The summed E-state index contributed by atoms with van der Waals surface area (Å²) in [5, 5.41) is 13.6. The Morgan fingerprint density at radius 3 is 3.06 bits per heavy atom. The lowest BCUT2D eigenvalue weighted by Gasteiger charge is -2.02. The van der Waals surface area contributed by atoms with Gasteiger partial charge >= 0.3 is 0 Å². The quantitative estimate of drug-likeness (QED) is 0.821. The van der Waals surface area contributed by atoms with E-state index < -0.39 is 6.10 Å². The Balaban J connectivity index is 2.29. The van der Waals surface area contributed by atoms with Gasteiger partial charge in [-0.05, 0) is 31.0 Å². The smallest absolute Gasteiger partial charge is 0.255 e. The van der Waals surface area contributed by atoms with Gasteiger partial charge in [0.25, 0.3) is 5.89 Å². The molecular formula is C12H16N4O2. The third kappa shape index (κ3) is 2.55. The zero-order valence-electron chi connectivity index (χ0n) is 10.2. The van der Waals surface area contributed by atoms with E-state index in [0.29, 0.717) is 24.5 Å². The largest absolute Gasteiger partial charge is 0.383 e. The molecule has 6 nitrogen and oxygen atoms in total. The molecule has 0 aliphatic rings. The maximum Gasteiger partial charge on any atom is 0.255 e. The summed E-state index contributed by atoms with van der Waals surface area (Å²) >= 11 is 0. The lowest BCUT2D eigenvalue weighted by Crippen LogP contribution is -2.06. The minimum Gasteiger partial charge on any atom is -0.383 e. The first kappa shape index (κ1) is 12.7. The number of aryl methyl sites for hydroxylation is 1. The van der Waals surface area contributed by atoms with E-state index >= 15 is 0 Å². The molecule has 0 fully saturated rings. The van der Waals surface area contributed by atoms with Crippen LogP contribution >= 0.6 is 0 Å². The summed E-state index contributed by atoms with van der Waals surface area (Å²) in [4.78, 5) is 8.41. The summed E-state index contributed by atoms with van der Waals surface area (Å²) in [6.45, 7) is 2.40. The van der Waals surface area contributed by atoms with Crippen molar-refractivity contribution in [1.29, 1.82) is 0 Å². The van der Waals surface area contributed by atoms with Gasteiger partial charge in [-0.2, -0.15) is 4.98 Å². The number of hydrogen-bond donors (Lipinski definition) is 2. The maximum absolute atomic E-state index is 9.71. The zero-order chi connectivity index (χ0) is 13.0. The van der Waals surface area contributed by atoms with Gasteiger partial charge in [-0.1, -0.05) is 18.1 Å². The fraction of sp³-hybridized carbons (Fsp3) is 0.417. The average molecular weight is 248 g/mol. The number of hydrogen-bond acceptors (Lipinski definition) is 6. The molecule has 3 N–H and O–H groups in total. The van der Waals surface area contributed by atoms with E-state index in [-0.39, 0.29) is 5.89 Å². The van der Waals surface area contributed by atoms with E-state index in [9.17, 15) is 5.11 Å². The van der Waals surface area contributed by atoms with Crippen molar-refractivity contribution in [3.63, 3.8) is 0 Å². The van der Waals surface area contributed by atoms with Crippen molar-refractivity contribution in [3.8, 4) is 11.5 Å². The fourth-order valence-electron chi connectivity index (χ4n) is 1.67. The van der Waals surface area contributed by atoms with E-state index in [4.69, 9.17) is 10.3 Å². The van der Waals surface area contributed by atoms with Crippen molar-refractivity contribution in [2.75, 3.05) is 6.54 Å². The third-order valence-corrected chi connectivity index (χ3v) is 2.65. The van der Waals surface area contributed by atoms with Crippen LogP contribution in [0.4, 0.5) is 0 Å². The number of aliphatic hydroxyl groups excluding tert-OH is 1. The van der Waals surface area contributed by atoms with Gasteiger partial charge in [0.15, 0.2) is 0 Å². The van der Waals surface area contributed by atoms with Gasteiger partial charge in [-0.15, -0.1) is 0 Å². The second-order valence-electron chi connectivity index (χ2n) is 3.91. The van der Waals surface area contributed by atoms with Crippen LogP contribution in [-0.4, -0.2) is 26.8 Å². The van der Waals surface area contributed by atoms with Crippen molar-refractivity contribution in [2.24, 2.45) is 5.73 Å². The first-order valence-corrected chi connectivity index (χ1v) is 5.92. The van der Waals surface area contributed by atoms with E-state index in [1.807, 2.05) is 19.1 Å². The summed E-state index contributed by atoms with van der Waals surface area (Å²) in [6.07, 6.45) is 2.09. The first-order valence-electron chi connectivity index (χ1n) is 5.92. The monoisotopic (exact) mass is 248 g/mol. The van der Waals surface area contributed by atoms with E-state index in [1.54, 1.807) is 6.20 Å². The van der Waals surface area contributed by atoms with Gasteiger partial charge in [-0.3, -0.25) is 4.98 Å². The van der Waals surface area contributed by atoms with Gasteiger partial charge in [0.2, 0.25) is 5.82 Å². The molecule has 2 heterocycles. The van der Waals surface area contributed by atoms with Crippen LogP contribution in [-0.2, 0) is 6.42 Å². The van der Waals surface area contributed by atoms with Crippen molar-refractivity contribution in [3.05, 3.63) is 29.8 Å². The van der Waals surface area contributed by atoms with Crippen LogP contribution in [0.2, 0.25) is 0 Å². The van der Waals surface area contributed by atoms with Gasteiger partial charge in [-0.25, -0.2) is 0 Å². The summed E-state index contributed by atoms with van der Waals surface area (Å²) in [6, 6.07) is 3.83. The van der Waals surface area contributed by atoms with Gasteiger partial charge in [0, 0.05) is 6.20 Å². The molecule has 96 valence electrons. The minimum absolute atomic E-state index is 0.183. The van der Waals surface area contributed by atoms with Crippen molar-refractivity contribution < 1.29 is 9.63 Å². The van der Waals surface area contributed by atoms with Crippen molar-refractivity contribution >= 4 is 0 Å². The molecule has 0 bridgehead atoms. The van der Waals surface area contributed by atoms with Crippen LogP contribution in [0.3, 0.4) is 0 Å². The molecule has 0 radical (unpaired) electrons. The van der Waals surface area contributed by atoms with E-state index in [2.05, 4.69) is 15.1 Å². The number of pyridine rings is 1. The van der Waals surface area contributed by atoms with Gasteiger partial charge in [0.05, 0.1) is 0 Å². The molecule has 0 aliphatic carbocycles. The summed E-state index contributed by atoms with van der Waals surface area (Å²) < 4.78 is 5.03. The molecule has 0 amide bonds. The molecule has 0 saturated heterocycles. The molecule has 0 aromatic carbocycles. The SMILES string of the molecule is CCc1cccnc1-c1noc(C(O)CCN)n1. The maximum atomic E-state index is 9.71. The average Bonchev–Trinajstić information content (AvgIpc) is 2.88. The highest BCUT2D eigenvalue weighted by molar-refractivity contribution is 5.53. The predicted octanol–water partition coefficient (Wildman–Crippen LogP) is 1.08. The van der Waals surface area contributed by atoms with Crippen LogP contribution in [0, 0.1) is 0 Å². The summed E-state index contributed by atoms with van der Waals surface area (Å²) in [5.41, 5.74) is 7.10. The topological polar surface area (TPSA) is 98.1 Å². The van der Waals surface area contributed by atoms with Crippen molar-refractivity contribution in [2.45, 2.75) is 25.9 Å².